The van der Waals surface area contributed by atoms with Crippen molar-refractivity contribution < 1.29 is 24.2 Å². The van der Waals surface area contributed by atoms with Gasteiger partial charge in [0.05, 0.1) is 7.11 Å². The fourth-order valence-corrected chi connectivity index (χ4v) is 10.6. The van der Waals surface area contributed by atoms with Gasteiger partial charge in [0.1, 0.15) is 18.3 Å². The first kappa shape index (κ1) is 52.1. The Morgan fingerprint density at radius 1 is 0.785 bits per heavy atom. The minimum Gasteiger partial charge on any atom is -0.681 e. The summed E-state index contributed by atoms with van der Waals surface area (Å²) < 4.78 is 11.1. The Morgan fingerprint density at radius 2 is 1.42 bits per heavy atom. The van der Waals surface area contributed by atoms with Crippen LogP contribution in [0.1, 0.15) is 171 Å². The molecule has 3 aromatic heterocycles. The van der Waals surface area contributed by atoms with E-state index in [0.717, 1.165) is 93.5 Å². The van der Waals surface area contributed by atoms with Gasteiger partial charge in [-0.25, -0.2) is 0 Å². The number of aromatic nitrogens is 3. The topological polar surface area (TPSA) is 129 Å². The van der Waals surface area contributed by atoms with Crippen molar-refractivity contribution in [3.63, 3.8) is 0 Å². The summed E-state index contributed by atoms with van der Waals surface area (Å²) >= 11 is 0. The van der Waals surface area contributed by atoms with Crippen LogP contribution in [-0.2, 0) is 31.9 Å². The number of methoxy groups -OCH3 is 1. The Labute approximate surface area is 405 Å². The first-order valence-electron chi connectivity index (χ1n) is 24.5. The number of esters is 2. The maximum atomic E-state index is 13.6. The molecule has 10 heteroatoms. The number of ether oxygens (including phenoxy) is 2. The summed E-state index contributed by atoms with van der Waals surface area (Å²) in [6.45, 7) is 24.4. The second kappa shape index (κ2) is 23.2. The van der Waals surface area contributed by atoms with Crippen LogP contribution in [0.3, 0.4) is 0 Å². The van der Waals surface area contributed by atoms with E-state index in [2.05, 4.69) is 81.4 Å². The van der Waals surface area contributed by atoms with Crippen molar-refractivity contribution in [2.45, 2.75) is 166 Å². The van der Waals surface area contributed by atoms with Gasteiger partial charge in [0, 0.05) is 11.6 Å². The van der Waals surface area contributed by atoms with Crippen LogP contribution in [0.2, 0.25) is 0 Å². The molecule has 0 aromatic carbocycles. The minimum atomic E-state index is -1.06. The third kappa shape index (κ3) is 11.8. The van der Waals surface area contributed by atoms with Gasteiger partial charge < -0.3 is 34.8 Å². The van der Waals surface area contributed by atoms with E-state index in [9.17, 15) is 14.7 Å². The molecule has 1 aliphatic carbocycles. The number of rotatable bonds is 20. The Bertz CT molecular complexity index is 2480. The van der Waals surface area contributed by atoms with Crippen LogP contribution >= 0.6 is 0 Å². The second-order valence-corrected chi connectivity index (χ2v) is 19.8. The fraction of sp³-hybridized carbons (Fsp3) is 0.600. The van der Waals surface area contributed by atoms with Gasteiger partial charge in [-0.1, -0.05) is 157 Å². The zero-order chi connectivity index (χ0) is 46.4. The van der Waals surface area contributed by atoms with Crippen molar-refractivity contribution in [1.29, 1.82) is 0 Å². The maximum Gasteiger partial charge on any atom is 2.00 e. The molecule has 350 valence electrons. The smallest absolute Gasteiger partial charge is 0.681 e. The molecule has 0 radical (unpaired) electrons. The van der Waals surface area contributed by atoms with Crippen LogP contribution < -0.4 is 36.2 Å². The molecule has 1 N–H and O–H groups in total. The van der Waals surface area contributed by atoms with Gasteiger partial charge in [0.15, 0.2) is 0 Å². The summed E-state index contributed by atoms with van der Waals surface area (Å²) in [5, 5.41) is 20.1. The molecule has 8 bridgehead atoms. The molecule has 2 aliphatic heterocycles. The van der Waals surface area contributed by atoms with Gasteiger partial charge in [0.25, 0.3) is 0 Å². The molecule has 0 saturated carbocycles. The molecular weight excluding hydrogens is 821 g/mol. The van der Waals surface area contributed by atoms with E-state index in [1.165, 1.54) is 63.2 Å². The summed E-state index contributed by atoms with van der Waals surface area (Å²) in [5.74, 6) is 0.0977. The molecule has 0 spiro atoms. The number of nitrogens with zero attached hydrogens (tertiary/aromatic N) is 4. The van der Waals surface area contributed by atoms with Gasteiger partial charge in [-0.3, -0.25) is 9.59 Å². The standard InChI is InChI=1S/C55H76N4O5.Mg/c1-13-39-35(8)42-28-44-37(10)41(24-25-48(60)64-27-26-34(7)23-17-22-33(6)21-16-20-32(5)19-15-18-31(3)4)52(58-44)50-51(55(62)63-12)54(61)49-38(11)45(59-53(49)50)30-47-40(14-2)36(9)43(57-47)29-46(39)56-42;/h26,28-33,37,41,51-52,61H,13-25,27H2,1-12H3;/q-4;+2/b34-26+,43-29-,44-28-,47-30-;/t32-,33+,37+,41+,51-,52?;/m1./s1. The number of hydrogen-bond donors (Lipinski definition) is 1. The summed E-state index contributed by atoms with van der Waals surface area (Å²) in [6, 6.07) is -0.552. The Balaban J connectivity index is 0.00000793. The van der Waals surface area contributed by atoms with Gasteiger partial charge in [-0.05, 0) is 95.5 Å². The predicted octanol–water partition coefficient (Wildman–Crippen LogP) is 8.58. The summed E-state index contributed by atoms with van der Waals surface area (Å²) in [6.07, 6.45) is 21.8. The first-order chi connectivity index (χ1) is 30.6. The van der Waals surface area contributed by atoms with Gasteiger partial charge >= 0.3 is 35.0 Å². The van der Waals surface area contributed by atoms with Crippen molar-refractivity contribution in [2.75, 3.05) is 13.7 Å². The van der Waals surface area contributed by atoms with Crippen LogP contribution in [0.4, 0.5) is 0 Å². The van der Waals surface area contributed by atoms with E-state index < -0.39 is 17.9 Å². The number of fused-ring (bicyclic) bond motifs is 8. The van der Waals surface area contributed by atoms with Crippen molar-refractivity contribution in [1.82, 2.24) is 15.0 Å². The SMILES string of the molecule is CCc1c2[n-]c(c1C)/C=C1\[N-]C(C3=c4[n-]c(c(C)c4=C(O)[C@@H]3C(=O)OC)/C=c3\[n-]/c(c(C)c3CC)=C\2)[C@@H](CCC(=O)OC/C=C(\C)CCC[C@@H](C)CCC[C@H](C)CCCC(C)C)[C@@H]1C.[Mg+2]. The van der Waals surface area contributed by atoms with Crippen molar-refractivity contribution in [2.24, 2.45) is 35.5 Å². The molecule has 9 nitrogen and oxygen atoms in total. The zero-order valence-electron chi connectivity index (χ0n) is 41.8. The average Bonchev–Trinajstić information content (AvgIpc) is 3.99. The monoisotopic (exact) mass is 897 g/mol. The number of aliphatic hydroxyl groups excluding tert-OH is 1. The first-order valence-corrected chi connectivity index (χ1v) is 24.5. The Hall–Kier alpha value is -3.89. The molecular formula is C55H76MgN4O5-2. The van der Waals surface area contributed by atoms with E-state index in [0.29, 0.717) is 28.3 Å². The summed E-state index contributed by atoms with van der Waals surface area (Å²) in [5.41, 5.74) is 10.4. The molecule has 1 saturated heterocycles. The Kier molecular flexibility index (Phi) is 18.6. The maximum absolute atomic E-state index is 13.6. The number of carbonyl (C=O) groups excluding carboxylic acids is 2. The number of hydrogen-bond acceptors (Lipinski definition) is 5. The molecule has 6 atom stereocenters. The summed E-state index contributed by atoms with van der Waals surface area (Å²) in [7, 11) is 1.34. The second-order valence-electron chi connectivity index (χ2n) is 19.8. The van der Waals surface area contributed by atoms with E-state index in [1.54, 1.807) is 0 Å². The minimum absolute atomic E-state index is 0. The quantitative estimate of drug-likeness (QED) is 0.0679. The number of allylic oxidation sites excluding steroid dienone is 2. The van der Waals surface area contributed by atoms with Crippen LogP contribution in [0.25, 0.3) is 34.9 Å². The van der Waals surface area contributed by atoms with Gasteiger partial charge in [-0.2, -0.15) is 5.70 Å². The largest absolute Gasteiger partial charge is 2.00 e. The molecule has 3 aromatic rings. The van der Waals surface area contributed by atoms with Crippen LogP contribution in [0.5, 0.6) is 0 Å². The predicted molar refractivity (Wildman–Crippen MR) is 265 cm³/mol. The van der Waals surface area contributed by atoms with Crippen molar-refractivity contribution in [3.05, 3.63) is 88.8 Å². The van der Waals surface area contributed by atoms with Crippen LogP contribution in [-0.4, -0.2) is 59.9 Å². The molecule has 65 heavy (non-hydrogen) atoms. The molecule has 0 amide bonds. The normalized spacial score (nSPS) is 21.7. The molecule has 3 aliphatic rings. The van der Waals surface area contributed by atoms with Crippen LogP contribution in [0.15, 0.2) is 17.3 Å². The van der Waals surface area contributed by atoms with E-state index in [1.807, 2.05) is 19.1 Å². The Morgan fingerprint density at radius 3 is 2.06 bits per heavy atom. The molecule has 1 fully saturated rings. The number of carbonyl (C=O) groups is 2. The average molecular weight is 898 g/mol. The van der Waals surface area contributed by atoms with Crippen molar-refractivity contribution >= 4 is 64.6 Å². The molecule has 5 heterocycles. The van der Waals surface area contributed by atoms with E-state index >= 15 is 0 Å². The fourth-order valence-electron chi connectivity index (χ4n) is 10.6. The third-order valence-electron chi connectivity index (χ3n) is 14.7. The van der Waals surface area contributed by atoms with Gasteiger partial charge in [-0.15, -0.1) is 33.1 Å². The van der Waals surface area contributed by atoms with E-state index in [-0.39, 0.29) is 59.6 Å². The summed E-state index contributed by atoms with van der Waals surface area (Å²) in [4.78, 5) is 42.6. The third-order valence-corrected chi connectivity index (χ3v) is 14.7. The zero-order valence-corrected chi connectivity index (χ0v) is 43.2. The van der Waals surface area contributed by atoms with Gasteiger partial charge in [0.2, 0.25) is 0 Å². The molecule has 1 unspecified atom stereocenters. The number of aliphatic hydroxyl groups is 1. The van der Waals surface area contributed by atoms with Crippen molar-refractivity contribution in [3.8, 4) is 0 Å². The molecule has 6 rings (SSSR count). The van der Waals surface area contributed by atoms with Crippen LogP contribution in [0, 0.1) is 56.3 Å². The van der Waals surface area contributed by atoms with E-state index in [4.69, 9.17) is 29.7 Å².